The van der Waals surface area contributed by atoms with Gasteiger partial charge in [0.05, 0.1) is 12.2 Å². The van der Waals surface area contributed by atoms with Crippen LogP contribution in [0.3, 0.4) is 0 Å². The fourth-order valence-corrected chi connectivity index (χ4v) is 2.75. The van der Waals surface area contributed by atoms with Crippen molar-refractivity contribution in [2.24, 2.45) is 0 Å². The number of ether oxygens (including phenoxy) is 1. The largest absolute Gasteiger partial charge is 0.479 e. The van der Waals surface area contributed by atoms with Gasteiger partial charge in [0.1, 0.15) is 11.6 Å². The van der Waals surface area contributed by atoms with Gasteiger partial charge in [-0.15, -0.1) is 0 Å². The van der Waals surface area contributed by atoms with Crippen LogP contribution in [0.4, 0.5) is 10.1 Å². The van der Waals surface area contributed by atoms with Crippen LogP contribution in [0.5, 0.6) is 5.75 Å². The molecule has 5 heteroatoms. The molecule has 0 bridgehead atoms. The van der Waals surface area contributed by atoms with E-state index < -0.39 is 6.10 Å². The van der Waals surface area contributed by atoms with E-state index in [0.29, 0.717) is 16.8 Å². The summed E-state index contributed by atoms with van der Waals surface area (Å²) in [6.07, 6.45) is -0.327. The summed E-state index contributed by atoms with van der Waals surface area (Å²) in [4.78, 5) is 12.3. The number of Topliss-reactive ketones (excluding diaryl/α,β-unsaturated/α-hetero) is 1. The van der Waals surface area contributed by atoms with Gasteiger partial charge >= 0.3 is 0 Å². The zero-order chi connectivity index (χ0) is 14.8. The summed E-state index contributed by atoms with van der Waals surface area (Å²) < 4.78 is 19.4. The monoisotopic (exact) mass is 349 g/mol. The molecular weight excluding hydrogens is 337 g/mol. The number of halogens is 2. The zero-order valence-electron chi connectivity index (χ0n) is 11.1. The van der Waals surface area contributed by atoms with Crippen LogP contribution in [-0.4, -0.2) is 18.4 Å². The number of fused-ring (bicyclic) bond motifs is 1. The van der Waals surface area contributed by atoms with Gasteiger partial charge < -0.3 is 10.1 Å². The predicted molar refractivity (Wildman–Crippen MR) is 82.2 cm³/mol. The van der Waals surface area contributed by atoms with Gasteiger partial charge in [-0.3, -0.25) is 4.79 Å². The fraction of sp³-hybridized carbons (Fsp3) is 0.188. The number of anilines is 1. The Labute approximate surface area is 130 Å². The molecule has 108 valence electrons. The minimum absolute atomic E-state index is 0.0377. The van der Waals surface area contributed by atoms with Crippen LogP contribution in [0.2, 0.25) is 0 Å². The van der Waals surface area contributed by atoms with E-state index >= 15 is 0 Å². The lowest BCUT2D eigenvalue weighted by molar-refractivity contribution is -0.124. The van der Waals surface area contributed by atoms with Crippen molar-refractivity contribution in [3.63, 3.8) is 0 Å². The highest BCUT2D eigenvalue weighted by Crippen LogP contribution is 2.29. The lowest BCUT2D eigenvalue weighted by Crippen LogP contribution is -2.38. The number of hydrogen-bond donors (Lipinski definition) is 1. The molecule has 0 saturated carbocycles. The van der Waals surface area contributed by atoms with Crippen molar-refractivity contribution in [3.8, 4) is 5.75 Å². The Hall–Kier alpha value is -1.88. The number of para-hydroxylation sites is 2. The Morgan fingerprint density at radius 3 is 2.95 bits per heavy atom. The Morgan fingerprint density at radius 2 is 2.14 bits per heavy atom. The summed E-state index contributed by atoms with van der Waals surface area (Å²) in [7, 11) is 0. The van der Waals surface area contributed by atoms with Gasteiger partial charge in [0.25, 0.3) is 0 Å². The summed E-state index contributed by atoms with van der Waals surface area (Å²) in [5, 5.41) is 3.19. The van der Waals surface area contributed by atoms with Gasteiger partial charge in [-0.1, -0.05) is 34.1 Å². The molecule has 2 aromatic carbocycles. The molecule has 3 nitrogen and oxygen atoms in total. The number of benzene rings is 2. The van der Waals surface area contributed by atoms with E-state index in [2.05, 4.69) is 21.2 Å². The number of ketones is 1. The van der Waals surface area contributed by atoms with E-state index in [1.54, 1.807) is 6.07 Å². The van der Waals surface area contributed by atoms with Gasteiger partial charge in [-0.05, 0) is 29.8 Å². The van der Waals surface area contributed by atoms with E-state index in [9.17, 15) is 9.18 Å². The molecule has 1 aliphatic heterocycles. The first-order valence-corrected chi connectivity index (χ1v) is 7.39. The molecule has 1 heterocycles. The molecule has 0 saturated heterocycles. The summed E-state index contributed by atoms with van der Waals surface area (Å²) in [5.41, 5.74) is 1.65. The molecule has 21 heavy (non-hydrogen) atoms. The highest BCUT2D eigenvalue weighted by Gasteiger charge is 2.25. The molecule has 1 atom stereocenters. The van der Waals surface area contributed by atoms with Gasteiger partial charge in [-0.25, -0.2) is 4.39 Å². The van der Waals surface area contributed by atoms with E-state index in [1.807, 2.05) is 24.3 Å². The number of hydrogen-bond acceptors (Lipinski definition) is 3. The predicted octanol–water partition coefficient (Wildman–Crippen LogP) is 3.57. The zero-order valence-corrected chi connectivity index (χ0v) is 12.7. The third kappa shape index (κ3) is 3.08. The molecule has 2 aromatic rings. The van der Waals surface area contributed by atoms with E-state index in [1.165, 1.54) is 12.1 Å². The van der Waals surface area contributed by atoms with Crippen molar-refractivity contribution in [1.82, 2.24) is 0 Å². The summed E-state index contributed by atoms with van der Waals surface area (Å²) >= 11 is 3.28. The second-order valence-electron chi connectivity index (χ2n) is 4.86. The molecule has 3 rings (SSSR count). The molecule has 1 aliphatic rings. The van der Waals surface area contributed by atoms with Crippen molar-refractivity contribution in [1.29, 1.82) is 0 Å². The van der Waals surface area contributed by atoms with Crippen LogP contribution >= 0.6 is 15.9 Å². The van der Waals surface area contributed by atoms with Crippen LogP contribution in [0.25, 0.3) is 0 Å². The average Bonchev–Trinajstić information content (AvgIpc) is 2.49. The SMILES string of the molecule is O=C(Cc1ccc(F)cc1Br)C1CNc2ccccc2O1. The molecule has 1 N–H and O–H groups in total. The van der Waals surface area contributed by atoms with Crippen molar-refractivity contribution in [2.45, 2.75) is 12.5 Å². The number of carbonyl (C=O) groups is 1. The van der Waals surface area contributed by atoms with Crippen molar-refractivity contribution in [3.05, 3.63) is 58.3 Å². The summed E-state index contributed by atoms with van der Waals surface area (Å²) in [5.74, 6) is 0.312. The Morgan fingerprint density at radius 1 is 1.33 bits per heavy atom. The van der Waals surface area contributed by atoms with Crippen molar-refractivity contribution < 1.29 is 13.9 Å². The second kappa shape index (κ2) is 5.85. The van der Waals surface area contributed by atoms with Crippen molar-refractivity contribution in [2.75, 3.05) is 11.9 Å². The Bertz CT molecular complexity index is 690. The fourth-order valence-electron chi connectivity index (χ4n) is 2.26. The number of carbonyl (C=O) groups excluding carboxylic acids is 1. The van der Waals surface area contributed by atoms with E-state index in [0.717, 1.165) is 11.3 Å². The smallest absolute Gasteiger partial charge is 0.179 e. The topological polar surface area (TPSA) is 38.3 Å². The maximum absolute atomic E-state index is 13.1. The molecule has 0 amide bonds. The molecule has 0 fully saturated rings. The molecule has 1 unspecified atom stereocenters. The number of nitrogens with one attached hydrogen (secondary N) is 1. The molecule has 0 radical (unpaired) electrons. The third-order valence-electron chi connectivity index (χ3n) is 3.37. The minimum atomic E-state index is -0.531. The first-order chi connectivity index (χ1) is 10.1. The molecule has 0 spiro atoms. The van der Waals surface area contributed by atoms with Crippen LogP contribution in [-0.2, 0) is 11.2 Å². The number of rotatable bonds is 3. The lowest BCUT2D eigenvalue weighted by atomic mass is 10.0. The van der Waals surface area contributed by atoms with Gasteiger partial charge in [0.2, 0.25) is 0 Å². The normalized spacial score (nSPS) is 16.6. The average molecular weight is 350 g/mol. The first-order valence-electron chi connectivity index (χ1n) is 6.59. The lowest BCUT2D eigenvalue weighted by Gasteiger charge is -2.26. The van der Waals surface area contributed by atoms with Gasteiger partial charge in [-0.2, -0.15) is 0 Å². The van der Waals surface area contributed by atoms with E-state index in [-0.39, 0.29) is 18.0 Å². The van der Waals surface area contributed by atoms with E-state index in [4.69, 9.17) is 4.74 Å². The highest BCUT2D eigenvalue weighted by molar-refractivity contribution is 9.10. The minimum Gasteiger partial charge on any atom is -0.479 e. The van der Waals surface area contributed by atoms with Crippen LogP contribution in [0.1, 0.15) is 5.56 Å². The first kappa shape index (κ1) is 14.1. The maximum Gasteiger partial charge on any atom is 0.179 e. The molecular formula is C16H13BrFNO2. The van der Waals surface area contributed by atoms with Crippen molar-refractivity contribution >= 4 is 27.4 Å². The summed E-state index contributed by atoms with van der Waals surface area (Å²) in [6.45, 7) is 0.439. The highest BCUT2D eigenvalue weighted by atomic mass is 79.9. The Balaban J connectivity index is 1.72. The standard InChI is InChI=1S/C16H13BrFNO2/c17-12-8-11(18)6-5-10(12)7-14(20)16-9-19-13-3-1-2-4-15(13)21-16/h1-6,8,16,19H,7,9H2. The quantitative estimate of drug-likeness (QED) is 0.920. The molecule has 0 aliphatic carbocycles. The second-order valence-corrected chi connectivity index (χ2v) is 5.72. The van der Waals surface area contributed by atoms with Gasteiger partial charge in [0.15, 0.2) is 11.9 Å². The van der Waals surface area contributed by atoms with Gasteiger partial charge in [0, 0.05) is 10.9 Å². The Kier molecular flexibility index (Phi) is 3.92. The van der Waals surface area contributed by atoms with Crippen LogP contribution in [0, 0.1) is 5.82 Å². The third-order valence-corrected chi connectivity index (χ3v) is 4.11. The molecule has 0 aromatic heterocycles. The van der Waals surface area contributed by atoms with Crippen LogP contribution < -0.4 is 10.1 Å². The summed E-state index contributed by atoms with van der Waals surface area (Å²) in [6, 6.07) is 11.8. The maximum atomic E-state index is 13.1. The van der Waals surface area contributed by atoms with Crippen LogP contribution in [0.15, 0.2) is 46.9 Å².